The maximum absolute atomic E-state index is 10.8. The Labute approximate surface area is 147 Å². The molecule has 4 atom stereocenters. The van der Waals surface area contributed by atoms with Gasteiger partial charge >= 0.3 is 0 Å². The Hall–Kier alpha value is -2.04. The van der Waals surface area contributed by atoms with Crippen molar-refractivity contribution < 1.29 is 20.1 Å². The van der Waals surface area contributed by atoms with Gasteiger partial charge in [0.05, 0.1) is 12.0 Å². The molecule has 0 saturated carbocycles. The first kappa shape index (κ1) is 16.4. The molecule has 4 rings (SSSR count). The van der Waals surface area contributed by atoms with Gasteiger partial charge in [-0.2, -0.15) is 0 Å². The number of thiophene rings is 1. The van der Waals surface area contributed by atoms with Crippen LogP contribution in [0.5, 0.6) is 0 Å². The number of nitrogens with two attached hydrogens (primary N) is 1. The minimum Gasteiger partial charge on any atom is -0.394 e. The summed E-state index contributed by atoms with van der Waals surface area (Å²) in [6.07, 6.45) is 0.0830. The summed E-state index contributed by atoms with van der Waals surface area (Å²) < 4.78 is 7.36. The van der Waals surface area contributed by atoms with Gasteiger partial charge in [-0.15, -0.1) is 11.3 Å². The summed E-state index contributed by atoms with van der Waals surface area (Å²) in [6.45, 7) is 1.07. The van der Waals surface area contributed by atoms with Gasteiger partial charge in [0, 0.05) is 16.6 Å². The molecule has 1 fully saturated rings. The van der Waals surface area contributed by atoms with E-state index in [1.165, 1.54) is 13.3 Å². The molecule has 0 aromatic carbocycles. The molecule has 0 aliphatic carbocycles. The predicted octanol–water partition coefficient (Wildman–Crippen LogP) is 0.744. The monoisotopic (exact) mass is 362 g/mol. The fraction of sp³-hybridized carbons (Fsp3) is 0.375. The lowest BCUT2D eigenvalue weighted by Crippen LogP contribution is -2.44. The maximum atomic E-state index is 10.8. The van der Waals surface area contributed by atoms with Crippen LogP contribution in [-0.4, -0.2) is 54.3 Å². The summed E-state index contributed by atoms with van der Waals surface area (Å²) in [5.41, 5.74) is 5.78. The molecule has 132 valence electrons. The molecule has 0 amide bonds. The Morgan fingerprint density at radius 3 is 2.88 bits per heavy atom. The number of fused-ring (bicyclic) bond motifs is 1. The number of aromatic nitrogens is 3. The molecule has 4 heterocycles. The van der Waals surface area contributed by atoms with Crippen LogP contribution in [0.25, 0.3) is 21.5 Å². The first-order chi connectivity index (χ1) is 11.9. The van der Waals surface area contributed by atoms with Crippen molar-refractivity contribution in [3.8, 4) is 10.4 Å². The van der Waals surface area contributed by atoms with Crippen LogP contribution >= 0.6 is 11.3 Å². The third-order valence-corrected chi connectivity index (χ3v) is 5.52. The molecule has 1 unspecified atom stereocenters. The van der Waals surface area contributed by atoms with Crippen LogP contribution in [0.4, 0.5) is 5.82 Å². The number of ether oxygens (including phenoxy) is 1. The van der Waals surface area contributed by atoms with Crippen LogP contribution in [0.2, 0.25) is 0 Å². The molecule has 25 heavy (non-hydrogen) atoms. The number of anilines is 1. The molecule has 0 radical (unpaired) electrons. The van der Waals surface area contributed by atoms with Gasteiger partial charge in [0.25, 0.3) is 0 Å². The second-order valence-electron chi connectivity index (χ2n) is 6.26. The van der Waals surface area contributed by atoms with Crippen LogP contribution in [0, 0.1) is 0 Å². The Morgan fingerprint density at radius 1 is 1.44 bits per heavy atom. The standard InChI is InChI=1S/C16H18N4O4S/c1-16(23)12(22)9(6-21)24-15(16)20-5-8(10-3-2-4-25-10)11-13(17)18-7-19-14(11)20/h2-5,7,9,12,15,21-23H,6H2,1H3,(H2,17,18,19)/t9-,12?,15-,16-/m1/s1. The molecule has 0 spiro atoms. The highest BCUT2D eigenvalue weighted by Crippen LogP contribution is 2.43. The lowest BCUT2D eigenvalue weighted by molar-refractivity contribution is -0.0948. The summed E-state index contributed by atoms with van der Waals surface area (Å²) in [5.74, 6) is 0.323. The van der Waals surface area contributed by atoms with E-state index in [2.05, 4.69) is 9.97 Å². The average Bonchev–Trinajstić information content (AvgIpc) is 3.27. The zero-order valence-electron chi connectivity index (χ0n) is 13.4. The van der Waals surface area contributed by atoms with Crippen LogP contribution < -0.4 is 5.73 Å². The second kappa shape index (κ2) is 5.75. The van der Waals surface area contributed by atoms with Crippen LogP contribution in [0.3, 0.4) is 0 Å². The summed E-state index contributed by atoms with van der Waals surface area (Å²) >= 11 is 1.54. The smallest absolute Gasteiger partial charge is 0.167 e. The molecule has 3 aromatic heterocycles. The van der Waals surface area contributed by atoms with Gasteiger partial charge < -0.3 is 30.4 Å². The minimum absolute atomic E-state index is 0.323. The van der Waals surface area contributed by atoms with Gasteiger partial charge in [-0.05, 0) is 18.4 Å². The van der Waals surface area contributed by atoms with Gasteiger partial charge in [0.15, 0.2) is 6.23 Å². The van der Waals surface area contributed by atoms with Crippen molar-refractivity contribution in [1.82, 2.24) is 14.5 Å². The average molecular weight is 362 g/mol. The zero-order chi connectivity index (χ0) is 17.8. The molecular formula is C16H18N4O4S. The molecule has 3 aromatic rings. The zero-order valence-corrected chi connectivity index (χ0v) is 14.2. The Morgan fingerprint density at radius 2 is 2.24 bits per heavy atom. The van der Waals surface area contributed by atoms with E-state index in [1.807, 2.05) is 17.5 Å². The van der Waals surface area contributed by atoms with Crippen molar-refractivity contribution >= 4 is 28.2 Å². The van der Waals surface area contributed by atoms with E-state index in [-0.39, 0.29) is 0 Å². The number of hydrogen-bond acceptors (Lipinski definition) is 8. The molecule has 8 nitrogen and oxygen atoms in total. The fourth-order valence-electron chi connectivity index (χ4n) is 3.30. The van der Waals surface area contributed by atoms with Crippen molar-refractivity contribution in [2.24, 2.45) is 0 Å². The van der Waals surface area contributed by atoms with Gasteiger partial charge in [-0.25, -0.2) is 9.97 Å². The Bertz CT molecular complexity index is 908. The first-order valence-corrected chi connectivity index (χ1v) is 8.64. The third-order valence-electron chi connectivity index (χ3n) is 4.61. The molecule has 1 aliphatic heterocycles. The van der Waals surface area contributed by atoms with E-state index >= 15 is 0 Å². The highest BCUT2D eigenvalue weighted by molar-refractivity contribution is 7.13. The summed E-state index contributed by atoms with van der Waals surface area (Å²) in [5, 5.41) is 33.0. The SMILES string of the molecule is C[C@@]1(O)C(O)[C@@H](CO)O[C@H]1n1cc(-c2cccs2)c2c(N)ncnc21. The largest absolute Gasteiger partial charge is 0.394 e. The van der Waals surface area contributed by atoms with Gasteiger partial charge in [-0.3, -0.25) is 0 Å². The third kappa shape index (κ3) is 2.35. The molecule has 5 N–H and O–H groups in total. The molecule has 1 saturated heterocycles. The predicted molar refractivity (Wildman–Crippen MR) is 92.9 cm³/mol. The fourth-order valence-corrected chi connectivity index (χ4v) is 4.04. The number of aliphatic hydroxyl groups excluding tert-OH is 2. The van der Waals surface area contributed by atoms with Crippen molar-refractivity contribution in [3.63, 3.8) is 0 Å². The van der Waals surface area contributed by atoms with Crippen LogP contribution in [0.1, 0.15) is 13.2 Å². The van der Waals surface area contributed by atoms with Crippen LogP contribution in [-0.2, 0) is 4.74 Å². The van der Waals surface area contributed by atoms with Gasteiger partial charge in [0.1, 0.15) is 35.6 Å². The Kier molecular flexibility index (Phi) is 3.78. The van der Waals surface area contributed by atoms with E-state index in [0.717, 1.165) is 10.4 Å². The first-order valence-electron chi connectivity index (χ1n) is 7.76. The topological polar surface area (TPSA) is 127 Å². The quantitative estimate of drug-likeness (QED) is 0.541. The van der Waals surface area contributed by atoms with Crippen molar-refractivity contribution in [1.29, 1.82) is 0 Å². The van der Waals surface area contributed by atoms with Crippen molar-refractivity contribution in [3.05, 3.63) is 30.0 Å². The lowest BCUT2D eigenvalue weighted by atomic mass is 9.96. The highest BCUT2D eigenvalue weighted by atomic mass is 32.1. The van der Waals surface area contributed by atoms with E-state index in [0.29, 0.717) is 16.9 Å². The molecule has 9 heteroatoms. The van der Waals surface area contributed by atoms with E-state index in [1.54, 1.807) is 22.1 Å². The van der Waals surface area contributed by atoms with Gasteiger partial charge in [0.2, 0.25) is 0 Å². The van der Waals surface area contributed by atoms with Gasteiger partial charge in [-0.1, -0.05) is 6.07 Å². The number of rotatable bonds is 3. The lowest BCUT2D eigenvalue weighted by Gasteiger charge is -2.27. The van der Waals surface area contributed by atoms with E-state index in [9.17, 15) is 15.3 Å². The maximum Gasteiger partial charge on any atom is 0.167 e. The normalized spacial score (nSPS) is 29.5. The number of nitrogen functional groups attached to an aromatic ring is 1. The second-order valence-corrected chi connectivity index (χ2v) is 7.21. The van der Waals surface area contributed by atoms with E-state index in [4.69, 9.17) is 10.5 Å². The summed E-state index contributed by atoms with van der Waals surface area (Å²) in [6, 6.07) is 3.88. The number of hydrogen-bond donors (Lipinski definition) is 4. The Balaban J connectivity index is 1.93. The summed E-state index contributed by atoms with van der Waals surface area (Å²) in [4.78, 5) is 9.34. The summed E-state index contributed by atoms with van der Waals surface area (Å²) in [7, 11) is 0. The number of nitrogens with zero attached hydrogens (tertiary/aromatic N) is 3. The highest BCUT2D eigenvalue weighted by Gasteiger charge is 2.53. The molecular weight excluding hydrogens is 344 g/mol. The molecule has 1 aliphatic rings. The van der Waals surface area contributed by atoms with E-state index < -0.39 is 30.6 Å². The van der Waals surface area contributed by atoms with Crippen molar-refractivity contribution in [2.75, 3.05) is 12.3 Å². The minimum atomic E-state index is -1.61. The van der Waals surface area contributed by atoms with Crippen molar-refractivity contribution in [2.45, 2.75) is 31.0 Å². The molecule has 0 bridgehead atoms. The number of aliphatic hydroxyl groups is 3. The van der Waals surface area contributed by atoms with Crippen LogP contribution in [0.15, 0.2) is 30.0 Å².